The van der Waals surface area contributed by atoms with Crippen molar-refractivity contribution in [2.45, 2.75) is 38.8 Å². The van der Waals surface area contributed by atoms with E-state index >= 15 is 0 Å². The molecule has 0 unspecified atom stereocenters. The second kappa shape index (κ2) is 7.46. The molecule has 1 aliphatic carbocycles. The summed E-state index contributed by atoms with van der Waals surface area (Å²) in [7, 11) is 0. The number of aromatic nitrogens is 3. The van der Waals surface area contributed by atoms with Crippen LogP contribution >= 0.6 is 0 Å². The highest BCUT2D eigenvalue weighted by molar-refractivity contribution is 5.94. The van der Waals surface area contributed by atoms with Crippen molar-refractivity contribution < 1.29 is 14.0 Å². The summed E-state index contributed by atoms with van der Waals surface area (Å²) < 4.78 is 15.4. The Kier molecular flexibility index (Phi) is 4.87. The van der Waals surface area contributed by atoms with Gasteiger partial charge in [0.1, 0.15) is 5.82 Å². The molecule has 0 atom stereocenters. The van der Waals surface area contributed by atoms with Gasteiger partial charge in [-0.3, -0.25) is 9.59 Å². The predicted octanol–water partition coefficient (Wildman–Crippen LogP) is 1.53. The van der Waals surface area contributed by atoms with E-state index in [0.29, 0.717) is 50.5 Å². The van der Waals surface area contributed by atoms with Crippen LogP contribution in [-0.2, 0) is 24.3 Å². The third-order valence-electron chi connectivity index (χ3n) is 5.12. The minimum atomic E-state index is -0.659. The van der Waals surface area contributed by atoms with Crippen LogP contribution in [0.15, 0.2) is 24.5 Å². The zero-order chi connectivity index (χ0) is 18.8. The van der Waals surface area contributed by atoms with Crippen LogP contribution in [0, 0.1) is 11.9 Å². The number of carbonyl (C=O) groups is 2. The molecule has 142 valence electrons. The molecule has 8 heteroatoms. The van der Waals surface area contributed by atoms with Crippen molar-refractivity contribution in [1.82, 2.24) is 24.8 Å². The Hall–Kier alpha value is -2.77. The van der Waals surface area contributed by atoms with E-state index in [1.54, 1.807) is 11.1 Å². The molecule has 0 spiro atoms. The number of nitrogens with zero attached hydrogens (tertiary/aromatic N) is 4. The van der Waals surface area contributed by atoms with E-state index in [0.717, 1.165) is 30.4 Å². The van der Waals surface area contributed by atoms with Gasteiger partial charge in [-0.2, -0.15) is 4.39 Å². The second-order valence-electron chi connectivity index (χ2n) is 7.15. The van der Waals surface area contributed by atoms with Gasteiger partial charge < -0.3 is 14.8 Å². The first-order valence-corrected chi connectivity index (χ1v) is 9.31. The molecule has 2 aliphatic rings. The number of hydrogen-bond acceptors (Lipinski definition) is 4. The molecule has 4 rings (SSSR count). The lowest BCUT2D eigenvalue weighted by Crippen LogP contribution is -2.34. The Morgan fingerprint density at radius 2 is 2.07 bits per heavy atom. The highest BCUT2D eigenvalue weighted by atomic mass is 19.1. The number of fused-ring (bicyclic) bond motifs is 1. The summed E-state index contributed by atoms with van der Waals surface area (Å²) in [6, 6.07) is 2.68. The molecule has 2 aromatic rings. The highest BCUT2D eigenvalue weighted by Gasteiger charge is 2.25. The maximum atomic E-state index is 13.3. The van der Waals surface area contributed by atoms with Gasteiger partial charge in [0.2, 0.25) is 11.9 Å². The lowest BCUT2D eigenvalue weighted by atomic mass is 10.2. The molecule has 3 heterocycles. The Morgan fingerprint density at radius 1 is 1.22 bits per heavy atom. The van der Waals surface area contributed by atoms with E-state index in [2.05, 4.69) is 19.9 Å². The van der Waals surface area contributed by atoms with Gasteiger partial charge in [-0.15, -0.1) is 0 Å². The van der Waals surface area contributed by atoms with Crippen LogP contribution in [0.1, 0.15) is 41.1 Å². The van der Waals surface area contributed by atoms with E-state index in [1.807, 2.05) is 0 Å². The van der Waals surface area contributed by atoms with E-state index in [1.165, 1.54) is 12.3 Å². The first-order valence-electron chi connectivity index (χ1n) is 9.31. The number of halogens is 1. The van der Waals surface area contributed by atoms with E-state index in [4.69, 9.17) is 0 Å². The number of carbonyl (C=O) groups excluding carboxylic acids is 2. The van der Waals surface area contributed by atoms with Crippen molar-refractivity contribution in [2.75, 3.05) is 13.1 Å². The molecule has 0 bridgehead atoms. The fourth-order valence-corrected chi connectivity index (χ4v) is 3.40. The maximum Gasteiger partial charge on any atom is 0.254 e. The van der Waals surface area contributed by atoms with E-state index < -0.39 is 5.95 Å². The lowest BCUT2D eigenvalue weighted by molar-refractivity contribution is -0.121. The van der Waals surface area contributed by atoms with Crippen molar-refractivity contribution in [1.29, 1.82) is 0 Å². The Bertz CT molecular complexity index is 862. The van der Waals surface area contributed by atoms with Crippen LogP contribution in [0.3, 0.4) is 0 Å². The molecule has 1 saturated carbocycles. The van der Waals surface area contributed by atoms with E-state index in [9.17, 15) is 14.0 Å². The average Bonchev–Trinajstić information content (AvgIpc) is 3.43. The Labute approximate surface area is 156 Å². The molecule has 1 fully saturated rings. The van der Waals surface area contributed by atoms with Gasteiger partial charge in [0.15, 0.2) is 0 Å². The predicted molar refractivity (Wildman–Crippen MR) is 95.2 cm³/mol. The quantitative estimate of drug-likeness (QED) is 0.809. The van der Waals surface area contributed by atoms with Crippen molar-refractivity contribution in [3.8, 4) is 0 Å². The van der Waals surface area contributed by atoms with Crippen LogP contribution < -0.4 is 5.32 Å². The summed E-state index contributed by atoms with van der Waals surface area (Å²) in [6.07, 6.45) is 6.62. The van der Waals surface area contributed by atoms with Crippen LogP contribution in [0.2, 0.25) is 0 Å². The fraction of sp³-hybridized carbons (Fsp3) is 0.474. The third kappa shape index (κ3) is 4.15. The van der Waals surface area contributed by atoms with Crippen LogP contribution in [0.5, 0.6) is 0 Å². The summed E-state index contributed by atoms with van der Waals surface area (Å²) in [5.74, 6) is 0.676. The first kappa shape index (κ1) is 17.6. The minimum absolute atomic E-state index is 0.0817. The molecule has 0 radical (unpaired) electrons. The minimum Gasteiger partial charge on any atom is -0.350 e. The summed E-state index contributed by atoms with van der Waals surface area (Å²) in [5.41, 5.74) is 1.24. The smallest absolute Gasteiger partial charge is 0.254 e. The zero-order valence-electron chi connectivity index (χ0n) is 15.0. The fourth-order valence-electron chi connectivity index (χ4n) is 3.40. The molecule has 7 nitrogen and oxygen atoms in total. The van der Waals surface area contributed by atoms with Gasteiger partial charge in [0.05, 0.1) is 18.4 Å². The van der Waals surface area contributed by atoms with Gasteiger partial charge in [0, 0.05) is 50.3 Å². The van der Waals surface area contributed by atoms with Gasteiger partial charge in [-0.1, -0.05) is 0 Å². The van der Waals surface area contributed by atoms with Gasteiger partial charge in [-0.25, -0.2) is 9.97 Å². The molecular weight excluding hydrogens is 349 g/mol. The van der Waals surface area contributed by atoms with Gasteiger partial charge in [0.25, 0.3) is 5.91 Å². The zero-order valence-corrected chi connectivity index (χ0v) is 15.0. The molecule has 0 aromatic carbocycles. The number of pyridine rings is 1. The molecule has 1 N–H and O–H groups in total. The Balaban J connectivity index is 1.38. The summed E-state index contributed by atoms with van der Waals surface area (Å²) >= 11 is 0. The van der Waals surface area contributed by atoms with Crippen molar-refractivity contribution in [3.63, 3.8) is 0 Å². The number of hydrogen-bond donors (Lipinski definition) is 1. The molecule has 2 amide bonds. The van der Waals surface area contributed by atoms with Gasteiger partial charge >= 0.3 is 0 Å². The molecule has 0 saturated heterocycles. The number of nitrogens with one attached hydrogen (secondary N) is 1. The topological polar surface area (TPSA) is 80.1 Å². The summed E-state index contributed by atoms with van der Waals surface area (Å²) in [5, 5.41) is 2.96. The molecule has 2 aromatic heterocycles. The van der Waals surface area contributed by atoms with Crippen molar-refractivity contribution in [2.24, 2.45) is 5.92 Å². The second-order valence-corrected chi connectivity index (χ2v) is 7.15. The van der Waals surface area contributed by atoms with Crippen LogP contribution in [-0.4, -0.2) is 44.3 Å². The largest absolute Gasteiger partial charge is 0.350 e. The maximum absolute atomic E-state index is 13.3. The molecule has 27 heavy (non-hydrogen) atoms. The number of amides is 2. The normalized spacial score (nSPS) is 16.6. The van der Waals surface area contributed by atoms with E-state index in [-0.39, 0.29) is 11.8 Å². The van der Waals surface area contributed by atoms with Crippen LogP contribution in [0.4, 0.5) is 4.39 Å². The lowest BCUT2D eigenvalue weighted by Gasteiger charge is -2.20. The van der Waals surface area contributed by atoms with Crippen molar-refractivity contribution >= 4 is 11.8 Å². The van der Waals surface area contributed by atoms with Crippen molar-refractivity contribution in [3.05, 3.63) is 47.6 Å². The standard InChI is InChI=1S/C19H22FN5O2/c20-16-10-14(3-5-21-16)19(27)24-6-4-17-22-11-15(25(17)8-7-24)12-23-18(26)9-13-1-2-13/h3,5,10-11,13H,1-2,4,6-9,12H2,(H,23,26). The SMILES string of the molecule is O=C(CC1CC1)NCc1cnc2n1CCN(C(=O)c1ccnc(F)c1)CC2. The average molecular weight is 371 g/mol. The van der Waals surface area contributed by atoms with Gasteiger partial charge in [-0.05, 0) is 24.8 Å². The first-order chi connectivity index (χ1) is 13.1. The Morgan fingerprint density at radius 3 is 2.85 bits per heavy atom. The third-order valence-corrected chi connectivity index (χ3v) is 5.12. The molecular formula is C19H22FN5O2. The number of rotatable bonds is 5. The monoisotopic (exact) mass is 371 g/mol. The van der Waals surface area contributed by atoms with Crippen LogP contribution in [0.25, 0.3) is 0 Å². The summed E-state index contributed by atoms with van der Waals surface area (Å²) in [4.78, 5) is 34.2. The summed E-state index contributed by atoms with van der Waals surface area (Å²) in [6.45, 7) is 2.08. The number of imidazole rings is 1. The molecule has 1 aliphatic heterocycles. The highest BCUT2D eigenvalue weighted by Crippen LogP contribution is 2.32.